The Bertz CT molecular complexity index is 807. The van der Waals surface area contributed by atoms with Crippen molar-refractivity contribution in [3.8, 4) is 5.75 Å². The van der Waals surface area contributed by atoms with Gasteiger partial charge < -0.3 is 9.84 Å². The number of ether oxygens (including phenoxy) is 1. The Balaban J connectivity index is 1.73. The predicted molar refractivity (Wildman–Crippen MR) is 131 cm³/mol. The van der Waals surface area contributed by atoms with Crippen LogP contribution in [0.25, 0.3) is 6.08 Å². The van der Waals surface area contributed by atoms with Crippen LogP contribution in [0.15, 0.2) is 41.8 Å². The minimum Gasteiger partial charge on any atom is -0.489 e. The third kappa shape index (κ3) is 8.87. The highest BCUT2D eigenvalue weighted by Crippen LogP contribution is 2.34. The number of hydrogen-bond acceptors (Lipinski definition) is 5. The lowest BCUT2D eigenvalue weighted by Gasteiger charge is -2.14. The Labute approximate surface area is 194 Å². The molecule has 1 heterocycles. The molecule has 0 saturated carbocycles. The molecular weight excluding hydrogens is 430 g/mol. The molecule has 1 aromatic carbocycles. The summed E-state index contributed by atoms with van der Waals surface area (Å²) in [4.78, 5) is 25.6. The van der Waals surface area contributed by atoms with Crippen LogP contribution in [0.1, 0.15) is 63.4 Å². The Hall–Kier alpha value is -2.12. The lowest BCUT2D eigenvalue weighted by atomic mass is 10.1. The molecule has 0 radical (unpaired) electrons. The second-order valence-electron chi connectivity index (χ2n) is 7.44. The van der Waals surface area contributed by atoms with Gasteiger partial charge in [0.25, 0.3) is 5.91 Å². The molecule has 5 nitrogen and oxygen atoms in total. The number of para-hydroxylation sites is 1. The maximum absolute atomic E-state index is 12.8. The number of carbonyl (C=O) groups excluding carboxylic acids is 1. The number of unbranched alkanes of at least 4 members (excludes halogenated alkanes) is 7. The van der Waals surface area contributed by atoms with E-state index in [4.69, 9.17) is 22.1 Å². The summed E-state index contributed by atoms with van der Waals surface area (Å²) in [5, 5.41) is 8.62. The van der Waals surface area contributed by atoms with E-state index in [2.05, 4.69) is 6.58 Å². The zero-order chi connectivity index (χ0) is 22.5. The van der Waals surface area contributed by atoms with E-state index in [1.165, 1.54) is 11.8 Å². The smallest absolute Gasteiger partial charge is 0.303 e. The second-order valence-corrected chi connectivity index (χ2v) is 9.12. The van der Waals surface area contributed by atoms with Crippen molar-refractivity contribution in [1.82, 2.24) is 4.90 Å². The van der Waals surface area contributed by atoms with Crippen LogP contribution < -0.4 is 4.74 Å². The Morgan fingerprint density at radius 2 is 1.74 bits per heavy atom. The predicted octanol–water partition coefficient (Wildman–Crippen LogP) is 6.05. The summed E-state index contributed by atoms with van der Waals surface area (Å²) < 4.78 is 6.28. The van der Waals surface area contributed by atoms with Crippen LogP contribution in [0.5, 0.6) is 5.75 Å². The van der Waals surface area contributed by atoms with Crippen LogP contribution in [0.2, 0.25) is 0 Å². The maximum atomic E-state index is 12.8. The van der Waals surface area contributed by atoms with Crippen molar-refractivity contribution >= 4 is 46.3 Å². The van der Waals surface area contributed by atoms with E-state index in [1.807, 2.05) is 30.3 Å². The zero-order valence-corrected chi connectivity index (χ0v) is 19.5. The molecule has 1 aliphatic rings. The van der Waals surface area contributed by atoms with E-state index in [-0.39, 0.29) is 12.3 Å². The largest absolute Gasteiger partial charge is 0.489 e. The number of amides is 1. The number of thioether (sulfide) groups is 1. The average molecular weight is 462 g/mol. The second kappa shape index (κ2) is 14.0. The van der Waals surface area contributed by atoms with E-state index in [9.17, 15) is 9.59 Å². The molecule has 1 N–H and O–H groups in total. The van der Waals surface area contributed by atoms with Crippen molar-refractivity contribution in [1.29, 1.82) is 0 Å². The van der Waals surface area contributed by atoms with Crippen molar-refractivity contribution in [3.63, 3.8) is 0 Å². The van der Waals surface area contributed by atoms with Gasteiger partial charge in [0.1, 0.15) is 16.7 Å². The van der Waals surface area contributed by atoms with E-state index in [0.29, 0.717) is 22.4 Å². The molecule has 1 saturated heterocycles. The molecule has 31 heavy (non-hydrogen) atoms. The molecular formula is C24H31NO4S2. The van der Waals surface area contributed by atoms with E-state index in [0.717, 1.165) is 62.7 Å². The third-order valence-corrected chi connectivity index (χ3v) is 6.34. The summed E-state index contributed by atoms with van der Waals surface area (Å²) in [7, 11) is 0. The van der Waals surface area contributed by atoms with Gasteiger partial charge in [0, 0.05) is 18.5 Å². The van der Waals surface area contributed by atoms with Gasteiger partial charge in [-0.3, -0.25) is 14.5 Å². The van der Waals surface area contributed by atoms with Crippen LogP contribution in [-0.2, 0) is 9.59 Å². The van der Waals surface area contributed by atoms with Crippen molar-refractivity contribution in [2.45, 2.75) is 57.8 Å². The molecule has 2 rings (SSSR count). The van der Waals surface area contributed by atoms with Crippen molar-refractivity contribution in [3.05, 3.63) is 47.4 Å². The van der Waals surface area contributed by atoms with Crippen LogP contribution >= 0.6 is 24.0 Å². The normalized spacial score (nSPS) is 15.0. The molecule has 0 unspecified atom stereocenters. The summed E-state index contributed by atoms with van der Waals surface area (Å²) >= 11 is 6.78. The van der Waals surface area contributed by atoms with Gasteiger partial charge in [-0.25, -0.2) is 0 Å². The molecule has 1 aliphatic heterocycles. The van der Waals surface area contributed by atoms with Gasteiger partial charge in [-0.2, -0.15) is 0 Å². The number of carboxylic acid groups (broad SMARTS) is 1. The number of nitrogens with zero attached hydrogens (tertiary/aromatic N) is 1. The van der Waals surface area contributed by atoms with Crippen molar-refractivity contribution in [2.75, 3.05) is 13.2 Å². The summed E-state index contributed by atoms with van der Waals surface area (Å²) in [6.45, 7) is 4.73. The molecule has 168 valence electrons. The molecule has 0 spiro atoms. The van der Waals surface area contributed by atoms with Gasteiger partial charge in [0.05, 0.1) is 4.91 Å². The SMILES string of the molecule is C=CCOc1ccccc1/C=C1\SC(=S)N(CCCCCCCCCCC(=O)O)C1=O. The van der Waals surface area contributed by atoms with Gasteiger partial charge in [-0.15, -0.1) is 0 Å². The van der Waals surface area contributed by atoms with Gasteiger partial charge in [-0.05, 0) is 25.0 Å². The fraction of sp³-hybridized carbons (Fsp3) is 0.458. The highest BCUT2D eigenvalue weighted by atomic mass is 32.2. The molecule has 1 amide bonds. The summed E-state index contributed by atoms with van der Waals surface area (Å²) in [6, 6.07) is 7.62. The van der Waals surface area contributed by atoms with E-state index >= 15 is 0 Å². The number of benzene rings is 1. The van der Waals surface area contributed by atoms with Crippen molar-refractivity contribution < 1.29 is 19.4 Å². The fourth-order valence-electron chi connectivity index (χ4n) is 3.32. The lowest BCUT2D eigenvalue weighted by Crippen LogP contribution is -2.29. The summed E-state index contributed by atoms with van der Waals surface area (Å²) in [5.41, 5.74) is 0.855. The fourth-order valence-corrected chi connectivity index (χ4v) is 4.62. The van der Waals surface area contributed by atoms with Gasteiger partial charge >= 0.3 is 5.97 Å². The number of hydrogen-bond donors (Lipinski definition) is 1. The standard InChI is InChI=1S/C24H31NO4S2/c1-2-17-29-20-14-11-10-13-19(20)18-21-23(28)25(24(30)31-21)16-12-8-6-4-3-5-7-9-15-22(26)27/h2,10-11,13-14,18H,1,3-9,12,15-17H2,(H,26,27)/b21-18-. The average Bonchev–Trinajstić information content (AvgIpc) is 3.01. The molecule has 0 aromatic heterocycles. The zero-order valence-electron chi connectivity index (χ0n) is 17.9. The maximum Gasteiger partial charge on any atom is 0.303 e. The highest BCUT2D eigenvalue weighted by Gasteiger charge is 2.31. The number of aliphatic carboxylic acids is 1. The van der Waals surface area contributed by atoms with E-state index < -0.39 is 5.97 Å². The molecule has 1 fully saturated rings. The minimum absolute atomic E-state index is 0.0352. The number of carbonyl (C=O) groups is 2. The minimum atomic E-state index is -0.712. The first-order valence-corrected chi connectivity index (χ1v) is 12.0. The summed E-state index contributed by atoms with van der Waals surface area (Å²) in [5.74, 6) is -0.0293. The molecule has 0 bridgehead atoms. The van der Waals surface area contributed by atoms with Crippen LogP contribution in [0, 0.1) is 0 Å². The van der Waals surface area contributed by atoms with Crippen molar-refractivity contribution in [2.24, 2.45) is 0 Å². The number of carboxylic acids is 1. The number of thiocarbonyl (C=S) groups is 1. The van der Waals surface area contributed by atoms with Gasteiger partial charge in [0.2, 0.25) is 0 Å². The van der Waals surface area contributed by atoms with Crippen LogP contribution in [0.3, 0.4) is 0 Å². The Kier molecular flexibility index (Phi) is 11.4. The molecule has 0 atom stereocenters. The molecule has 7 heteroatoms. The van der Waals surface area contributed by atoms with E-state index in [1.54, 1.807) is 11.0 Å². The topological polar surface area (TPSA) is 66.8 Å². The van der Waals surface area contributed by atoms with Crippen LogP contribution in [0.4, 0.5) is 0 Å². The third-order valence-electron chi connectivity index (χ3n) is 4.96. The van der Waals surface area contributed by atoms with Gasteiger partial charge in [-0.1, -0.05) is 93.4 Å². The quantitative estimate of drug-likeness (QED) is 0.148. The Morgan fingerprint density at radius 1 is 1.10 bits per heavy atom. The first kappa shape index (κ1) is 25.1. The molecule has 0 aliphatic carbocycles. The first-order valence-electron chi connectivity index (χ1n) is 10.8. The number of rotatable bonds is 15. The van der Waals surface area contributed by atoms with Crippen LogP contribution in [-0.4, -0.2) is 39.4 Å². The van der Waals surface area contributed by atoms with Gasteiger partial charge in [0.15, 0.2) is 0 Å². The first-order chi connectivity index (χ1) is 15.0. The lowest BCUT2D eigenvalue weighted by molar-refractivity contribution is -0.137. The highest BCUT2D eigenvalue weighted by molar-refractivity contribution is 8.26. The summed E-state index contributed by atoms with van der Waals surface area (Å²) in [6.07, 6.45) is 12.0. The molecule has 1 aromatic rings. The Morgan fingerprint density at radius 3 is 2.42 bits per heavy atom. The monoisotopic (exact) mass is 461 g/mol.